The number of nitrogens with one attached hydrogen (secondary N) is 1. The molecule has 0 heterocycles. The predicted molar refractivity (Wildman–Crippen MR) is 91.6 cm³/mol. The molecule has 2 rings (SSSR count). The summed E-state index contributed by atoms with van der Waals surface area (Å²) in [5, 5.41) is 11.6. The molecule has 5 heteroatoms. The third-order valence-corrected chi connectivity index (χ3v) is 3.78. The number of carbonyl (C=O) groups excluding carboxylic acids is 1. The van der Waals surface area contributed by atoms with Crippen LogP contribution >= 0.6 is 0 Å². The molecule has 2 N–H and O–H groups in total. The highest BCUT2D eigenvalue weighted by atomic mass is 19.1. The van der Waals surface area contributed by atoms with E-state index in [1.165, 1.54) is 12.1 Å². The van der Waals surface area contributed by atoms with Gasteiger partial charge < -0.3 is 10.4 Å². The van der Waals surface area contributed by atoms with Crippen molar-refractivity contribution in [3.63, 3.8) is 0 Å². The highest BCUT2D eigenvalue weighted by Gasteiger charge is 2.13. The van der Waals surface area contributed by atoms with Gasteiger partial charge in [-0.15, -0.1) is 0 Å². The minimum atomic E-state index is -1.31. The molecule has 124 valence electrons. The average molecular weight is 327 g/mol. The molecule has 0 aliphatic heterocycles. The molecule has 0 saturated carbocycles. The van der Waals surface area contributed by atoms with E-state index >= 15 is 0 Å². The number of allylic oxidation sites excluding steroid dienone is 1. The molecule has 2 aromatic rings. The van der Waals surface area contributed by atoms with Crippen molar-refractivity contribution in [1.29, 1.82) is 0 Å². The highest BCUT2D eigenvalue weighted by Crippen LogP contribution is 2.20. The number of amides is 1. The molecule has 0 aliphatic carbocycles. The number of carbonyl (C=O) groups is 2. The molecule has 0 bridgehead atoms. The van der Waals surface area contributed by atoms with Crippen molar-refractivity contribution in [3.05, 3.63) is 70.5 Å². The van der Waals surface area contributed by atoms with Crippen LogP contribution in [0.5, 0.6) is 0 Å². The standard InChI is InChI=1S/C19H18FNO3/c1-11-4-5-14(8-12(11)2)13(3)9-18(22)21-17-7-6-15(20)10-16(17)19(23)24/h4-10H,1-3H3,(H,21,22)(H,23,24). The minimum Gasteiger partial charge on any atom is -0.478 e. The molecule has 0 radical (unpaired) electrons. The van der Waals surface area contributed by atoms with Crippen LogP contribution in [0.3, 0.4) is 0 Å². The fraction of sp³-hybridized carbons (Fsp3) is 0.158. The third kappa shape index (κ3) is 4.07. The van der Waals surface area contributed by atoms with Gasteiger partial charge in [0.2, 0.25) is 5.91 Å². The van der Waals surface area contributed by atoms with Gasteiger partial charge in [-0.05, 0) is 61.2 Å². The van der Waals surface area contributed by atoms with Crippen LogP contribution in [0, 0.1) is 19.7 Å². The molecule has 0 aromatic heterocycles. The minimum absolute atomic E-state index is 0.0537. The number of aryl methyl sites for hydroxylation is 2. The number of halogens is 1. The first-order valence-corrected chi connectivity index (χ1v) is 7.37. The average Bonchev–Trinajstić information content (AvgIpc) is 2.51. The Kier molecular flexibility index (Phi) is 5.14. The third-order valence-electron chi connectivity index (χ3n) is 3.78. The van der Waals surface area contributed by atoms with Crippen molar-refractivity contribution < 1.29 is 19.1 Å². The molecule has 1 amide bonds. The van der Waals surface area contributed by atoms with Crippen molar-refractivity contribution in [2.75, 3.05) is 5.32 Å². The molecule has 0 spiro atoms. The van der Waals surface area contributed by atoms with Gasteiger partial charge in [-0.25, -0.2) is 9.18 Å². The number of hydrogen-bond donors (Lipinski definition) is 2. The molecule has 24 heavy (non-hydrogen) atoms. The molecule has 0 aliphatic rings. The Hall–Kier alpha value is -2.95. The maximum Gasteiger partial charge on any atom is 0.337 e. The SMILES string of the molecule is CC(=CC(=O)Nc1ccc(F)cc1C(=O)O)c1ccc(C)c(C)c1. The first-order chi connectivity index (χ1) is 11.3. The number of anilines is 1. The van der Waals surface area contributed by atoms with Crippen LogP contribution in [0.2, 0.25) is 0 Å². The first-order valence-electron chi connectivity index (χ1n) is 7.37. The number of carboxylic acids is 1. The second kappa shape index (κ2) is 7.08. The molecule has 0 atom stereocenters. The van der Waals surface area contributed by atoms with E-state index in [-0.39, 0.29) is 11.3 Å². The lowest BCUT2D eigenvalue weighted by Crippen LogP contribution is -2.12. The van der Waals surface area contributed by atoms with Crippen molar-refractivity contribution in [1.82, 2.24) is 0 Å². The summed E-state index contributed by atoms with van der Waals surface area (Å²) < 4.78 is 13.2. The van der Waals surface area contributed by atoms with Crippen molar-refractivity contribution >= 4 is 23.1 Å². The first kappa shape index (κ1) is 17.4. The summed E-state index contributed by atoms with van der Waals surface area (Å²) >= 11 is 0. The zero-order valence-electron chi connectivity index (χ0n) is 13.7. The van der Waals surface area contributed by atoms with Gasteiger partial charge in [0.05, 0.1) is 11.3 Å². The molecular formula is C19H18FNO3. The van der Waals surface area contributed by atoms with Gasteiger partial charge in [-0.2, -0.15) is 0 Å². The Morgan fingerprint density at radius 2 is 1.79 bits per heavy atom. The van der Waals surface area contributed by atoms with Crippen molar-refractivity contribution in [2.24, 2.45) is 0 Å². The summed E-state index contributed by atoms with van der Waals surface area (Å²) in [6, 6.07) is 9.08. The molecule has 0 saturated heterocycles. The zero-order valence-corrected chi connectivity index (χ0v) is 13.7. The van der Waals surface area contributed by atoms with Gasteiger partial charge >= 0.3 is 5.97 Å². The summed E-state index contributed by atoms with van der Waals surface area (Å²) in [6.07, 6.45) is 1.39. The number of rotatable bonds is 4. The van der Waals surface area contributed by atoms with Crippen LogP contribution < -0.4 is 5.32 Å². The lowest BCUT2D eigenvalue weighted by molar-refractivity contribution is -0.111. The van der Waals surface area contributed by atoms with Crippen LogP contribution in [-0.2, 0) is 4.79 Å². The zero-order chi connectivity index (χ0) is 17.9. The maximum absolute atomic E-state index is 13.2. The van der Waals surface area contributed by atoms with Gasteiger partial charge in [-0.1, -0.05) is 18.2 Å². The van der Waals surface area contributed by atoms with Gasteiger partial charge in [0.1, 0.15) is 5.82 Å². The Bertz CT molecular complexity index is 841. The Labute approximate surface area is 139 Å². The fourth-order valence-corrected chi connectivity index (χ4v) is 2.24. The van der Waals surface area contributed by atoms with Gasteiger partial charge in [-0.3, -0.25) is 4.79 Å². The van der Waals surface area contributed by atoms with E-state index in [4.69, 9.17) is 5.11 Å². The highest BCUT2D eigenvalue weighted by molar-refractivity contribution is 6.07. The number of aromatic carboxylic acids is 1. The van der Waals surface area contributed by atoms with E-state index in [1.54, 1.807) is 6.92 Å². The molecule has 0 unspecified atom stereocenters. The van der Waals surface area contributed by atoms with E-state index < -0.39 is 17.7 Å². The molecule has 4 nitrogen and oxygen atoms in total. The predicted octanol–water partition coefficient (Wildman–Crippen LogP) is 4.18. The number of hydrogen-bond acceptors (Lipinski definition) is 2. The second-order valence-corrected chi connectivity index (χ2v) is 5.61. The largest absolute Gasteiger partial charge is 0.478 e. The summed E-state index contributed by atoms with van der Waals surface area (Å²) in [5.41, 5.74) is 3.69. The van der Waals surface area contributed by atoms with Crippen LogP contribution in [0.1, 0.15) is 34.0 Å². The monoisotopic (exact) mass is 327 g/mol. The van der Waals surface area contributed by atoms with E-state index in [9.17, 15) is 14.0 Å². The van der Waals surface area contributed by atoms with E-state index in [0.29, 0.717) is 0 Å². The smallest absolute Gasteiger partial charge is 0.337 e. The summed E-state index contributed by atoms with van der Waals surface area (Å²) in [7, 11) is 0. The Morgan fingerprint density at radius 1 is 1.08 bits per heavy atom. The van der Waals surface area contributed by atoms with Gasteiger partial charge in [0, 0.05) is 6.08 Å². The Morgan fingerprint density at radius 3 is 2.42 bits per heavy atom. The van der Waals surface area contributed by atoms with Crippen LogP contribution in [-0.4, -0.2) is 17.0 Å². The van der Waals surface area contributed by atoms with Crippen LogP contribution in [0.4, 0.5) is 10.1 Å². The van der Waals surface area contributed by atoms with Gasteiger partial charge in [0.15, 0.2) is 0 Å². The van der Waals surface area contributed by atoms with Gasteiger partial charge in [0.25, 0.3) is 0 Å². The molecular weight excluding hydrogens is 309 g/mol. The Balaban J connectivity index is 2.24. The molecule has 2 aromatic carbocycles. The summed E-state index contributed by atoms with van der Waals surface area (Å²) in [6.45, 7) is 5.79. The fourth-order valence-electron chi connectivity index (χ4n) is 2.24. The maximum atomic E-state index is 13.2. The second-order valence-electron chi connectivity index (χ2n) is 5.61. The topological polar surface area (TPSA) is 66.4 Å². The van der Waals surface area contributed by atoms with Crippen LogP contribution in [0.15, 0.2) is 42.5 Å². The number of benzene rings is 2. The lowest BCUT2D eigenvalue weighted by atomic mass is 10.0. The van der Waals surface area contributed by atoms with Crippen molar-refractivity contribution in [2.45, 2.75) is 20.8 Å². The lowest BCUT2D eigenvalue weighted by Gasteiger charge is -2.08. The molecule has 0 fully saturated rings. The number of carboxylic acid groups (broad SMARTS) is 1. The van der Waals surface area contributed by atoms with E-state index in [0.717, 1.165) is 34.4 Å². The van der Waals surface area contributed by atoms with Crippen molar-refractivity contribution in [3.8, 4) is 0 Å². The summed E-state index contributed by atoms with van der Waals surface area (Å²) in [5.74, 6) is -2.45. The summed E-state index contributed by atoms with van der Waals surface area (Å²) in [4.78, 5) is 23.3. The van der Waals surface area contributed by atoms with E-state index in [2.05, 4.69) is 5.32 Å². The quantitative estimate of drug-likeness (QED) is 0.828. The van der Waals surface area contributed by atoms with Crippen LogP contribution in [0.25, 0.3) is 5.57 Å². The van der Waals surface area contributed by atoms with E-state index in [1.807, 2.05) is 32.0 Å². The normalized spacial score (nSPS) is 11.2.